The SMILES string of the molecule is [CH]c1ccc2ccc3ccccc3c2n1. The zero-order chi connectivity index (χ0) is 10.3. The first-order valence-electron chi connectivity index (χ1n) is 4.88. The molecule has 2 radical (unpaired) electrons. The van der Waals surface area contributed by atoms with Crippen LogP contribution in [0.5, 0.6) is 0 Å². The molecule has 70 valence electrons. The Kier molecular flexibility index (Phi) is 1.72. The van der Waals surface area contributed by atoms with E-state index >= 15 is 0 Å². The number of benzene rings is 2. The molecule has 15 heavy (non-hydrogen) atoms. The van der Waals surface area contributed by atoms with E-state index in [1.54, 1.807) is 0 Å². The van der Waals surface area contributed by atoms with Crippen LogP contribution in [0.15, 0.2) is 48.5 Å². The first-order valence-corrected chi connectivity index (χ1v) is 4.88. The lowest BCUT2D eigenvalue weighted by atomic mass is 10.1. The van der Waals surface area contributed by atoms with E-state index in [0.717, 1.165) is 16.3 Å². The highest BCUT2D eigenvalue weighted by atomic mass is 14.7. The predicted octanol–water partition coefficient (Wildman–Crippen LogP) is 3.45. The van der Waals surface area contributed by atoms with E-state index in [2.05, 4.69) is 29.2 Å². The summed E-state index contributed by atoms with van der Waals surface area (Å²) in [5, 5.41) is 3.48. The minimum Gasteiger partial charge on any atom is -0.252 e. The number of pyridine rings is 1. The highest BCUT2D eigenvalue weighted by Gasteiger charge is 2.00. The van der Waals surface area contributed by atoms with Gasteiger partial charge in [0.05, 0.1) is 5.52 Å². The van der Waals surface area contributed by atoms with Crippen LogP contribution in [0.4, 0.5) is 0 Å². The third kappa shape index (κ3) is 1.28. The number of hydrogen-bond acceptors (Lipinski definition) is 1. The van der Waals surface area contributed by atoms with Crippen molar-refractivity contribution in [3.05, 3.63) is 61.1 Å². The van der Waals surface area contributed by atoms with Crippen LogP contribution in [-0.4, -0.2) is 4.98 Å². The third-order valence-corrected chi connectivity index (χ3v) is 2.61. The van der Waals surface area contributed by atoms with Gasteiger partial charge in [0.2, 0.25) is 0 Å². The van der Waals surface area contributed by atoms with Gasteiger partial charge in [-0.15, -0.1) is 0 Å². The van der Waals surface area contributed by atoms with Crippen molar-refractivity contribution in [1.29, 1.82) is 0 Å². The Morgan fingerprint density at radius 3 is 2.47 bits per heavy atom. The van der Waals surface area contributed by atoms with Gasteiger partial charge in [0.15, 0.2) is 0 Å². The molecule has 1 aromatic heterocycles. The Morgan fingerprint density at radius 2 is 1.53 bits per heavy atom. The first kappa shape index (κ1) is 8.42. The van der Waals surface area contributed by atoms with Crippen molar-refractivity contribution < 1.29 is 0 Å². The fourth-order valence-corrected chi connectivity index (χ4v) is 1.87. The van der Waals surface area contributed by atoms with Gasteiger partial charge in [0.1, 0.15) is 0 Å². The zero-order valence-corrected chi connectivity index (χ0v) is 8.14. The minimum absolute atomic E-state index is 0.568. The topological polar surface area (TPSA) is 12.9 Å². The average Bonchev–Trinajstić information content (AvgIpc) is 2.29. The molecule has 0 bridgehead atoms. The van der Waals surface area contributed by atoms with E-state index in [1.807, 2.05) is 24.3 Å². The van der Waals surface area contributed by atoms with Crippen LogP contribution in [0, 0.1) is 6.92 Å². The van der Waals surface area contributed by atoms with Crippen LogP contribution in [0.1, 0.15) is 5.69 Å². The number of fused-ring (bicyclic) bond motifs is 3. The molecule has 3 aromatic rings. The van der Waals surface area contributed by atoms with Crippen molar-refractivity contribution in [2.75, 3.05) is 0 Å². The van der Waals surface area contributed by atoms with Crippen LogP contribution >= 0.6 is 0 Å². The lowest BCUT2D eigenvalue weighted by molar-refractivity contribution is 1.35. The molecule has 0 aliphatic carbocycles. The number of aromatic nitrogens is 1. The summed E-state index contributed by atoms with van der Waals surface area (Å²) in [6.45, 7) is 5.70. The molecule has 0 saturated heterocycles. The Bertz CT molecular complexity index is 641. The summed E-state index contributed by atoms with van der Waals surface area (Å²) in [6, 6.07) is 16.2. The van der Waals surface area contributed by atoms with Gasteiger partial charge in [-0.05, 0) is 11.5 Å². The first-order chi connectivity index (χ1) is 7.34. The summed E-state index contributed by atoms with van der Waals surface area (Å²) < 4.78 is 0. The summed E-state index contributed by atoms with van der Waals surface area (Å²) in [5.41, 5.74) is 1.55. The smallest absolute Gasteiger partial charge is 0.0783 e. The molecular weight excluding hydrogens is 182 g/mol. The summed E-state index contributed by atoms with van der Waals surface area (Å²) in [5.74, 6) is 0. The van der Waals surface area contributed by atoms with Crippen molar-refractivity contribution in [2.45, 2.75) is 0 Å². The van der Waals surface area contributed by atoms with E-state index in [0.29, 0.717) is 5.69 Å². The maximum atomic E-state index is 5.70. The van der Waals surface area contributed by atoms with Crippen LogP contribution in [0.2, 0.25) is 0 Å². The summed E-state index contributed by atoms with van der Waals surface area (Å²) in [7, 11) is 0. The monoisotopic (exact) mass is 191 g/mol. The molecule has 0 atom stereocenters. The van der Waals surface area contributed by atoms with Crippen molar-refractivity contribution in [2.24, 2.45) is 0 Å². The lowest BCUT2D eigenvalue weighted by Gasteiger charge is -2.03. The van der Waals surface area contributed by atoms with E-state index in [4.69, 9.17) is 6.92 Å². The molecule has 0 N–H and O–H groups in total. The van der Waals surface area contributed by atoms with Crippen LogP contribution < -0.4 is 0 Å². The van der Waals surface area contributed by atoms with Crippen molar-refractivity contribution in [3.63, 3.8) is 0 Å². The van der Waals surface area contributed by atoms with Gasteiger partial charge in [0.25, 0.3) is 0 Å². The van der Waals surface area contributed by atoms with Gasteiger partial charge in [-0.25, -0.2) is 0 Å². The molecule has 1 nitrogen and oxygen atoms in total. The van der Waals surface area contributed by atoms with Crippen LogP contribution in [-0.2, 0) is 0 Å². The van der Waals surface area contributed by atoms with E-state index in [9.17, 15) is 0 Å². The highest BCUT2D eigenvalue weighted by Crippen LogP contribution is 2.23. The molecule has 1 heteroatoms. The molecule has 3 rings (SSSR count). The second-order valence-corrected chi connectivity index (χ2v) is 3.59. The fraction of sp³-hybridized carbons (Fsp3) is 0. The normalized spacial score (nSPS) is 11.0. The van der Waals surface area contributed by atoms with Gasteiger partial charge >= 0.3 is 0 Å². The maximum absolute atomic E-state index is 5.70. The average molecular weight is 191 g/mol. The Hall–Kier alpha value is -1.89. The molecule has 0 unspecified atom stereocenters. The fourth-order valence-electron chi connectivity index (χ4n) is 1.87. The molecule has 0 spiro atoms. The van der Waals surface area contributed by atoms with Crippen molar-refractivity contribution in [1.82, 2.24) is 4.98 Å². The van der Waals surface area contributed by atoms with Gasteiger partial charge in [-0.1, -0.05) is 42.5 Å². The predicted molar refractivity (Wildman–Crippen MR) is 62.7 cm³/mol. The standard InChI is InChI=1S/C14H9N/c1-10-6-7-12-9-8-11-4-2-3-5-13(11)14(12)15-10/h1-9H. The number of hydrogen-bond donors (Lipinski definition) is 0. The third-order valence-electron chi connectivity index (χ3n) is 2.61. The van der Waals surface area contributed by atoms with E-state index in [1.165, 1.54) is 5.39 Å². The summed E-state index contributed by atoms with van der Waals surface area (Å²) in [4.78, 5) is 4.38. The second-order valence-electron chi connectivity index (χ2n) is 3.59. The van der Waals surface area contributed by atoms with Crippen LogP contribution in [0.3, 0.4) is 0 Å². The Balaban J connectivity index is 2.57. The molecule has 2 aromatic carbocycles. The minimum atomic E-state index is 0.568. The molecular formula is C14H9N. The highest BCUT2D eigenvalue weighted by molar-refractivity contribution is 6.05. The van der Waals surface area contributed by atoms with Crippen LogP contribution in [0.25, 0.3) is 21.7 Å². The lowest BCUT2D eigenvalue weighted by Crippen LogP contribution is -1.84. The van der Waals surface area contributed by atoms with Gasteiger partial charge in [0, 0.05) is 23.4 Å². The van der Waals surface area contributed by atoms with Gasteiger partial charge < -0.3 is 0 Å². The number of rotatable bonds is 0. The quantitative estimate of drug-likeness (QED) is 0.496. The summed E-state index contributed by atoms with van der Waals surface area (Å²) in [6.07, 6.45) is 0. The Labute approximate surface area is 88.4 Å². The van der Waals surface area contributed by atoms with Gasteiger partial charge in [-0.2, -0.15) is 0 Å². The molecule has 0 amide bonds. The second kappa shape index (κ2) is 3.06. The molecule has 0 saturated carbocycles. The molecule has 1 heterocycles. The largest absolute Gasteiger partial charge is 0.252 e. The maximum Gasteiger partial charge on any atom is 0.0783 e. The zero-order valence-electron chi connectivity index (χ0n) is 8.14. The summed E-state index contributed by atoms with van der Waals surface area (Å²) >= 11 is 0. The molecule has 0 aliphatic rings. The van der Waals surface area contributed by atoms with E-state index in [-0.39, 0.29) is 0 Å². The van der Waals surface area contributed by atoms with E-state index < -0.39 is 0 Å². The molecule has 0 fully saturated rings. The number of nitrogens with zero attached hydrogens (tertiary/aromatic N) is 1. The van der Waals surface area contributed by atoms with Gasteiger partial charge in [-0.3, -0.25) is 4.98 Å². The Morgan fingerprint density at radius 1 is 0.800 bits per heavy atom. The van der Waals surface area contributed by atoms with Crippen molar-refractivity contribution in [3.8, 4) is 0 Å². The molecule has 0 aliphatic heterocycles. The van der Waals surface area contributed by atoms with Crippen molar-refractivity contribution >= 4 is 21.7 Å².